The Kier molecular flexibility index (Phi) is 5.72. The molecule has 4 rings (SSSR count). The van der Waals surface area contributed by atoms with Crippen LogP contribution in [0.5, 0.6) is 0 Å². The third-order valence-corrected chi connectivity index (χ3v) is 5.62. The second-order valence-corrected chi connectivity index (χ2v) is 7.95. The highest BCUT2D eigenvalue weighted by Gasteiger charge is 2.40. The second kappa shape index (κ2) is 8.43. The fourth-order valence-electron chi connectivity index (χ4n) is 4.50. The summed E-state index contributed by atoms with van der Waals surface area (Å²) in [5.41, 5.74) is 0.989. The normalized spacial score (nSPS) is 26.2. The fraction of sp³-hybridized carbons (Fsp3) is 0.524. The third-order valence-electron chi connectivity index (χ3n) is 5.62. The number of fused-ring (bicyclic) bond motifs is 4. The van der Waals surface area contributed by atoms with E-state index in [0.717, 1.165) is 44.1 Å². The van der Waals surface area contributed by atoms with Crippen LogP contribution >= 0.6 is 0 Å². The zero-order chi connectivity index (χ0) is 21.3. The molecule has 2 fully saturated rings. The van der Waals surface area contributed by atoms with E-state index in [1.165, 1.54) is 6.20 Å². The molecule has 9 nitrogen and oxygen atoms in total. The van der Waals surface area contributed by atoms with Crippen LogP contribution in [-0.4, -0.2) is 68.4 Å². The van der Waals surface area contributed by atoms with Crippen LogP contribution < -0.4 is 20.0 Å². The van der Waals surface area contributed by atoms with Gasteiger partial charge in [-0.2, -0.15) is 0 Å². The number of rotatable bonds is 4. The lowest BCUT2D eigenvalue weighted by Gasteiger charge is -2.39. The van der Waals surface area contributed by atoms with Crippen molar-refractivity contribution in [2.24, 2.45) is 9.98 Å². The van der Waals surface area contributed by atoms with E-state index in [0.29, 0.717) is 11.6 Å². The maximum absolute atomic E-state index is 13.2. The molecule has 4 heterocycles. The van der Waals surface area contributed by atoms with Crippen molar-refractivity contribution in [3.05, 3.63) is 24.2 Å². The van der Waals surface area contributed by atoms with Crippen LogP contribution in [0.2, 0.25) is 0 Å². The number of nitrogens with one attached hydrogen (secondary N) is 1. The number of morpholine rings is 1. The molecule has 3 aliphatic rings. The minimum atomic E-state index is -0.253. The summed E-state index contributed by atoms with van der Waals surface area (Å²) < 4.78 is 5.86. The van der Waals surface area contributed by atoms with Gasteiger partial charge in [0.1, 0.15) is 5.82 Å². The average molecular weight is 412 g/mol. The highest BCUT2D eigenvalue weighted by atomic mass is 16.5. The van der Waals surface area contributed by atoms with Crippen LogP contribution in [0.25, 0.3) is 0 Å². The van der Waals surface area contributed by atoms with Gasteiger partial charge >= 0.3 is 6.03 Å². The Labute approximate surface area is 177 Å². The largest absolute Gasteiger partial charge is 0.372 e. The van der Waals surface area contributed by atoms with Crippen LogP contribution in [0.15, 0.2) is 34.1 Å². The van der Waals surface area contributed by atoms with Gasteiger partial charge in [-0.05, 0) is 46.0 Å². The summed E-state index contributed by atoms with van der Waals surface area (Å²) >= 11 is 0. The van der Waals surface area contributed by atoms with Gasteiger partial charge in [0.2, 0.25) is 0 Å². The molecule has 0 aliphatic carbocycles. The molecule has 9 heteroatoms. The van der Waals surface area contributed by atoms with Crippen molar-refractivity contribution in [1.29, 1.82) is 0 Å². The SMILES string of the molecule is C=N/C=C(\N=CC)NC(=O)N1c2nc(N3C[C@@H](C)O[C@H](C)C3)ccc2N2CC[C@H]1C2. The van der Waals surface area contributed by atoms with Crippen molar-refractivity contribution in [3.63, 3.8) is 0 Å². The van der Waals surface area contributed by atoms with Crippen molar-refractivity contribution in [2.75, 3.05) is 40.9 Å². The zero-order valence-electron chi connectivity index (χ0n) is 17.8. The van der Waals surface area contributed by atoms with Gasteiger partial charge in [-0.1, -0.05) is 0 Å². The maximum Gasteiger partial charge on any atom is 0.329 e. The number of nitrogens with zero attached hydrogens (tertiary/aromatic N) is 6. The molecule has 0 radical (unpaired) electrons. The minimum Gasteiger partial charge on any atom is -0.372 e. The number of urea groups is 1. The van der Waals surface area contributed by atoms with Gasteiger partial charge < -0.3 is 14.5 Å². The molecule has 0 saturated carbocycles. The Morgan fingerprint density at radius 2 is 2.03 bits per heavy atom. The molecule has 1 aromatic rings. The smallest absolute Gasteiger partial charge is 0.329 e. The van der Waals surface area contributed by atoms with Gasteiger partial charge in [-0.3, -0.25) is 15.2 Å². The van der Waals surface area contributed by atoms with Crippen LogP contribution in [0.3, 0.4) is 0 Å². The van der Waals surface area contributed by atoms with Gasteiger partial charge in [-0.25, -0.2) is 14.8 Å². The summed E-state index contributed by atoms with van der Waals surface area (Å²) in [7, 11) is 0. The van der Waals surface area contributed by atoms with Crippen molar-refractivity contribution in [3.8, 4) is 0 Å². The Bertz CT molecular complexity index is 874. The summed E-state index contributed by atoms with van der Waals surface area (Å²) in [4.78, 5) is 32.4. The van der Waals surface area contributed by atoms with Gasteiger partial charge in [-0.15, -0.1) is 0 Å². The van der Waals surface area contributed by atoms with Crippen molar-refractivity contribution >= 4 is 36.3 Å². The fourth-order valence-corrected chi connectivity index (χ4v) is 4.50. The Morgan fingerprint density at radius 1 is 1.27 bits per heavy atom. The number of aliphatic imine (C=N–C) groups is 2. The van der Waals surface area contributed by atoms with Crippen LogP contribution in [0.1, 0.15) is 27.2 Å². The molecule has 160 valence electrons. The van der Waals surface area contributed by atoms with Crippen LogP contribution in [0, 0.1) is 0 Å². The maximum atomic E-state index is 13.2. The monoisotopic (exact) mass is 411 g/mol. The second-order valence-electron chi connectivity index (χ2n) is 7.95. The standard InChI is InChI=1S/C21H29N7O2/c1-5-23-18(10-22-4)24-21(29)28-16-8-9-26(13-16)17-6-7-19(25-20(17)28)27-11-14(2)30-15(3)12-27/h5-7,10,14-16H,4,8-9,11-13H2,1-3H3,(H,24,29)/b18-10+,23-5?/t14-,15-,16+/m1/s1. The van der Waals surface area contributed by atoms with E-state index in [-0.39, 0.29) is 24.3 Å². The quantitative estimate of drug-likeness (QED) is 0.769. The van der Waals surface area contributed by atoms with Crippen molar-refractivity contribution < 1.29 is 9.53 Å². The van der Waals surface area contributed by atoms with Crippen LogP contribution in [0.4, 0.5) is 22.1 Å². The number of anilines is 3. The topological polar surface area (TPSA) is 85.7 Å². The van der Waals surface area contributed by atoms with Gasteiger partial charge in [0.25, 0.3) is 0 Å². The lowest BCUT2D eigenvalue weighted by molar-refractivity contribution is -0.00545. The predicted octanol–water partition coefficient (Wildman–Crippen LogP) is 2.39. The number of carbonyl (C=O) groups is 1. The molecule has 0 aromatic carbocycles. The molecule has 2 amide bonds. The Morgan fingerprint density at radius 3 is 2.73 bits per heavy atom. The van der Waals surface area contributed by atoms with E-state index in [9.17, 15) is 4.79 Å². The first-order valence-electron chi connectivity index (χ1n) is 10.4. The molecule has 3 aliphatic heterocycles. The zero-order valence-corrected chi connectivity index (χ0v) is 17.8. The highest BCUT2D eigenvalue weighted by Crippen LogP contribution is 2.40. The number of pyridine rings is 1. The van der Waals surface area contributed by atoms with E-state index in [4.69, 9.17) is 9.72 Å². The van der Waals surface area contributed by atoms with E-state index >= 15 is 0 Å². The molecular formula is C21H29N7O2. The molecule has 30 heavy (non-hydrogen) atoms. The lowest BCUT2D eigenvalue weighted by atomic mass is 10.1. The number of carbonyl (C=O) groups excluding carboxylic acids is 1. The molecule has 2 bridgehead atoms. The van der Waals surface area contributed by atoms with Gasteiger partial charge in [0.15, 0.2) is 11.6 Å². The first-order valence-corrected chi connectivity index (χ1v) is 10.4. The molecular weight excluding hydrogens is 382 g/mol. The summed E-state index contributed by atoms with van der Waals surface area (Å²) in [5.74, 6) is 1.91. The van der Waals surface area contributed by atoms with Gasteiger partial charge in [0, 0.05) is 32.4 Å². The molecule has 0 unspecified atom stereocenters. The summed E-state index contributed by atoms with van der Waals surface area (Å²) in [6.45, 7) is 12.7. The first kappa shape index (κ1) is 20.3. The Hall–Kier alpha value is -2.94. The van der Waals surface area contributed by atoms with Crippen molar-refractivity contribution in [2.45, 2.75) is 45.4 Å². The molecule has 2 saturated heterocycles. The average Bonchev–Trinajstić information content (AvgIpc) is 3.11. The number of hydrogen-bond acceptors (Lipinski definition) is 7. The molecule has 3 atom stereocenters. The first-order chi connectivity index (χ1) is 14.5. The number of amides is 2. The lowest BCUT2D eigenvalue weighted by Crippen LogP contribution is -2.51. The predicted molar refractivity (Wildman–Crippen MR) is 120 cm³/mol. The van der Waals surface area contributed by atoms with Gasteiger partial charge in [0.05, 0.1) is 30.1 Å². The summed E-state index contributed by atoms with van der Waals surface area (Å²) in [5, 5.41) is 2.85. The van der Waals surface area contributed by atoms with E-state index in [1.807, 2.05) is 6.07 Å². The highest BCUT2D eigenvalue weighted by molar-refractivity contribution is 5.98. The molecule has 0 spiro atoms. The van der Waals surface area contributed by atoms with E-state index < -0.39 is 0 Å². The molecule has 1 N–H and O–H groups in total. The number of hydrogen-bond donors (Lipinski definition) is 1. The summed E-state index contributed by atoms with van der Waals surface area (Å²) in [6, 6.07) is 3.95. The number of aromatic nitrogens is 1. The third kappa shape index (κ3) is 3.89. The number of ether oxygens (including phenoxy) is 1. The van der Waals surface area contributed by atoms with Crippen molar-refractivity contribution in [1.82, 2.24) is 10.3 Å². The summed E-state index contributed by atoms with van der Waals surface area (Å²) in [6.07, 6.45) is 4.22. The van der Waals surface area contributed by atoms with E-state index in [1.54, 1.807) is 18.0 Å². The van der Waals surface area contributed by atoms with Crippen LogP contribution in [-0.2, 0) is 4.74 Å². The minimum absolute atomic E-state index is 0.0753. The molecule has 1 aromatic heterocycles. The van der Waals surface area contributed by atoms with E-state index in [2.05, 4.69) is 51.7 Å². The Balaban J connectivity index is 1.66.